The van der Waals surface area contributed by atoms with Gasteiger partial charge in [-0.1, -0.05) is 19.4 Å². The second-order valence-electron chi connectivity index (χ2n) is 10.2. The van der Waals surface area contributed by atoms with Crippen LogP contribution in [0.5, 0.6) is 0 Å². The molecule has 2 N–H and O–H groups in total. The summed E-state index contributed by atoms with van der Waals surface area (Å²) in [4.78, 5) is 23.9. The zero-order valence-electron chi connectivity index (χ0n) is 16.2. The molecule has 1 spiro atoms. The summed E-state index contributed by atoms with van der Waals surface area (Å²) < 4.78 is 5.90. The lowest BCUT2D eigenvalue weighted by Gasteiger charge is -2.61. The van der Waals surface area contributed by atoms with Crippen LogP contribution in [0.2, 0.25) is 0 Å². The third-order valence-electron chi connectivity index (χ3n) is 9.26. The highest BCUT2D eigenvalue weighted by Gasteiger charge is 2.70. The van der Waals surface area contributed by atoms with Gasteiger partial charge in [0.15, 0.2) is 5.78 Å². The summed E-state index contributed by atoms with van der Waals surface area (Å²) in [5, 5.41) is 22.5. The van der Waals surface area contributed by atoms with E-state index in [1.54, 1.807) is 6.08 Å². The summed E-state index contributed by atoms with van der Waals surface area (Å²) in [6.07, 6.45) is 6.00. The SMILES string of the molecule is C[C@]12CCC(=O)C=C1C[C@@H](O)[C@@H]1C2[C@H](O)C[C@@]2(C)[C@H]1CCC21CCC(=O)O1. The van der Waals surface area contributed by atoms with Crippen LogP contribution in [-0.4, -0.2) is 39.8 Å². The third kappa shape index (κ3) is 2.13. The van der Waals surface area contributed by atoms with E-state index in [1.165, 1.54) is 0 Å². The summed E-state index contributed by atoms with van der Waals surface area (Å²) in [6, 6.07) is 0. The van der Waals surface area contributed by atoms with Crippen LogP contribution in [0, 0.1) is 28.6 Å². The van der Waals surface area contributed by atoms with Crippen molar-refractivity contribution in [2.75, 3.05) is 0 Å². The normalized spacial score (nSPS) is 54.2. The molecular formula is C22H30O5. The number of hydrogen-bond donors (Lipinski definition) is 2. The first-order chi connectivity index (χ1) is 12.7. The van der Waals surface area contributed by atoms with Gasteiger partial charge in [0.05, 0.1) is 12.2 Å². The second kappa shape index (κ2) is 5.44. The highest BCUT2D eigenvalue weighted by molar-refractivity contribution is 5.91. The molecule has 5 aliphatic rings. The van der Waals surface area contributed by atoms with Crippen molar-refractivity contribution in [2.45, 2.75) is 83.0 Å². The molecule has 1 heterocycles. The predicted octanol–water partition coefficient (Wildman–Crippen LogP) is 2.54. The van der Waals surface area contributed by atoms with Crippen LogP contribution in [-0.2, 0) is 14.3 Å². The van der Waals surface area contributed by atoms with Crippen LogP contribution in [0.15, 0.2) is 11.6 Å². The molecule has 2 unspecified atom stereocenters. The number of carbonyl (C=O) groups excluding carboxylic acids is 2. The molecule has 0 bridgehead atoms. The monoisotopic (exact) mass is 374 g/mol. The fraction of sp³-hybridized carbons (Fsp3) is 0.818. The Morgan fingerprint density at radius 3 is 2.56 bits per heavy atom. The summed E-state index contributed by atoms with van der Waals surface area (Å²) in [7, 11) is 0. The quantitative estimate of drug-likeness (QED) is 0.637. The van der Waals surface area contributed by atoms with Crippen LogP contribution < -0.4 is 0 Å². The summed E-state index contributed by atoms with van der Waals surface area (Å²) in [6.45, 7) is 4.36. The van der Waals surface area contributed by atoms with Crippen molar-refractivity contribution in [1.82, 2.24) is 0 Å². The lowest BCUT2D eigenvalue weighted by atomic mass is 9.45. The number of ketones is 1. The van der Waals surface area contributed by atoms with Crippen molar-refractivity contribution >= 4 is 11.8 Å². The molecule has 0 radical (unpaired) electrons. The topological polar surface area (TPSA) is 83.8 Å². The maximum atomic E-state index is 12.0. The van der Waals surface area contributed by atoms with Gasteiger partial charge in [-0.3, -0.25) is 9.59 Å². The minimum Gasteiger partial charge on any atom is -0.458 e. The first-order valence-corrected chi connectivity index (χ1v) is 10.5. The van der Waals surface area contributed by atoms with E-state index in [1.807, 2.05) is 0 Å². The molecule has 148 valence electrons. The Balaban J connectivity index is 1.57. The first kappa shape index (κ1) is 17.9. The summed E-state index contributed by atoms with van der Waals surface area (Å²) in [5.41, 5.74) is 0.0406. The molecule has 3 saturated carbocycles. The highest BCUT2D eigenvalue weighted by atomic mass is 16.6. The van der Waals surface area contributed by atoms with E-state index >= 15 is 0 Å². The van der Waals surface area contributed by atoms with Gasteiger partial charge in [-0.2, -0.15) is 0 Å². The Kier molecular flexibility index (Phi) is 3.60. The van der Waals surface area contributed by atoms with Gasteiger partial charge in [0.1, 0.15) is 5.60 Å². The van der Waals surface area contributed by atoms with Crippen molar-refractivity contribution < 1.29 is 24.5 Å². The Labute approximate surface area is 160 Å². The summed E-state index contributed by atoms with van der Waals surface area (Å²) >= 11 is 0. The first-order valence-electron chi connectivity index (χ1n) is 10.5. The van der Waals surface area contributed by atoms with Crippen molar-refractivity contribution in [3.8, 4) is 0 Å². The van der Waals surface area contributed by atoms with Crippen molar-refractivity contribution in [2.24, 2.45) is 28.6 Å². The Hall–Kier alpha value is -1.20. The molecule has 8 atom stereocenters. The maximum Gasteiger partial charge on any atom is 0.306 e. The third-order valence-corrected chi connectivity index (χ3v) is 9.26. The van der Waals surface area contributed by atoms with E-state index < -0.39 is 17.8 Å². The average Bonchev–Trinajstić information content (AvgIpc) is 3.10. The number of fused-ring (bicyclic) bond motifs is 6. The Bertz CT molecular complexity index is 743. The largest absolute Gasteiger partial charge is 0.458 e. The van der Waals surface area contributed by atoms with Gasteiger partial charge >= 0.3 is 5.97 Å². The molecule has 5 rings (SSSR count). The van der Waals surface area contributed by atoms with E-state index in [-0.39, 0.29) is 40.3 Å². The number of rotatable bonds is 0. The summed E-state index contributed by atoms with van der Waals surface area (Å²) in [5.74, 6) is 0.211. The van der Waals surface area contributed by atoms with Crippen LogP contribution in [0.1, 0.15) is 65.2 Å². The highest BCUT2D eigenvalue weighted by Crippen LogP contribution is 2.69. The number of aliphatic hydroxyl groups excluding tert-OH is 2. The van der Waals surface area contributed by atoms with Gasteiger partial charge in [-0.15, -0.1) is 0 Å². The van der Waals surface area contributed by atoms with Crippen LogP contribution >= 0.6 is 0 Å². The van der Waals surface area contributed by atoms with Crippen LogP contribution in [0.4, 0.5) is 0 Å². The van der Waals surface area contributed by atoms with Crippen molar-refractivity contribution in [3.63, 3.8) is 0 Å². The van der Waals surface area contributed by atoms with Crippen molar-refractivity contribution in [1.29, 1.82) is 0 Å². The average molecular weight is 374 g/mol. The fourth-order valence-electron chi connectivity index (χ4n) is 7.92. The predicted molar refractivity (Wildman–Crippen MR) is 97.5 cm³/mol. The van der Waals surface area contributed by atoms with E-state index in [4.69, 9.17) is 4.74 Å². The maximum absolute atomic E-state index is 12.0. The van der Waals surface area contributed by atoms with E-state index in [0.717, 1.165) is 31.3 Å². The molecule has 0 aromatic carbocycles. The zero-order chi connectivity index (χ0) is 19.2. The van der Waals surface area contributed by atoms with Gasteiger partial charge in [0.2, 0.25) is 0 Å². The Morgan fingerprint density at radius 2 is 1.85 bits per heavy atom. The minimum absolute atomic E-state index is 0.00669. The number of ether oxygens (including phenoxy) is 1. The zero-order valence-corrected chi connectivity index (χ0v) is 16.2. The second-order valence-corrected chi connectivity index (χ2v) is 10.2. The number of esters is 1. The molecule has 1 saturated heterocycles. The van der Waals surface area contributed by atoms with Gasteiger partial charge in [-0.25, -0.2) is 0 Å². The lowest BCUT2D eigenvalue weighted by Crippen LogP contribution is -2.62. The molecule has 27 heavy (non-hydrogen) atoms. The number of aliphatic hydroxyl groups is 2. The molecule has 0 amide bonds. The van der Waals surface area contributed by atoms with Crippen LogP contribution in [0.25, 0.3) is 0 Å². The molecule has 1 aliphatic heterocycles. The van der Waals surface area contributed by atoms with Gasteiger partial charge in [0.25, 0.3) is 0 Å². The van der Waals surface area contributed by atoms with Gasteiger partial charge in [0, 0.05) is 18.3 Å². The minimum atomic E-state index is -0.554. The smallest absolute Gasteiger partial charge is 0.306 e. The van der Waals surface area contributed by atoms with Crippen LogP contribution in [0.3, 0.4) is 0 Å². The molecule has 5 nitrogen and oxygen atoms in total. The number of carbonyl (C=O) groups is 2. The van der Waals surface area contributed by atoms with E-state index in [0.29, 0.717) is 25.7 Å². The van der Waals surface area contributed by atoms with Gasteiger partial charge < -0.3 is 14.9 Å². The molecule has 4 aliphatic carbocycles. The number of hydrogen-bond acceptors (Lipinski definition) is 5. The molecule has 0 aromatic rings. The molecule has 0 aromatic heterocycles. The van der Waals surface area contributed by atoms with Crippen molar-refractivity contribution in [3.05, 3.63) is 11.6 Å². The Morgan fingerprint density at radius 1 is 1.07 bits per heavy atom. The molecule has 4 fully saturated rings. The van der Waals surface area contributed by atoms with E-state index in [9.17, 15) is 19.8 Å². The fourth-order valence-corrected chi connectivity index (χ4v) is 7.92. The molecular weight excluding hydrogens is 344 g/mol. The van der Waals surface area contributed by atoms with E-state index in [2.05, 4.69) is 13.8 Å². The lowest BCUT2D eigenvalue weighted by molar-refractivity contribution is -0.199. The molecule has 5 heteroatoms. The van der Waals surface area contributed by atoms with Gasteiger partial charge in [-0.05, 0) is 67.8 Å². The standard InChI is InChI=1S/C22H30O5/c1-20-6-3-13(23)9-12(20)10-15(24)18-14-4-7-22(8-5-17(26)27-22)21(14,2)11-16(25)19(18)20/h9,14-16,18-19,24-25H,3-8,10-11H2,1-2H3/t14-,15+,16+,18+,19?,20-,21-,22?/m0/s1.